The lowest BCUT2D eigenvalue weighted by molar-refractivity contribution is 0.309. The molecule has 90 valence electrons. The number of hydrogen-bond donors (Lipinski definition) is 1. The summed E-state index contributed by atoms with van der Waals surface area (Å²) in [6.07, 6.45) is 0. The second-order valence-corrected chi connectivity index (χ2v) is 5.95. The number of hydrogen-bond acceptors (Lipinski definition) is 3. The van der Waals surface area contributed by atoms with Crippen LogP contribution in [-0.2, 0) is 6.61 Å². The first-order valence-corrected chi connectivity index (χ1v) is 6.66. The first-order chi connectivity index (χ1) is 8.06. The van der Waals surface area contributed by atoms with Crippen LogP contribution in [0.15, 0.2) is 28.7 Å². The maximum Gasteiger partial charge on any atom is 0.157 e. The molecule has 0 aliphatic carbocycles. The Hall–Kier alpha value is -0.780. The lowest BCUT2D eigenvalue weighted by Crippen LogP contribution is -1.99. The fourth-order valence-corrected chi connectivity index (χ4v) is 2.87. The Morgan fingerprint density at radius 2 is 2.18 bits per heavy atom. The summed E-state index contributed by atoms with van der Waals surface area (Å²) >= 11 is 10.4. The molecule has 0 saturated heterocycles. The van der Waals surface area contributed by atoms with Gasteiger partial charge in [0.25, 0.3) is 0 Å². The van der Waals surface area contributed by atoms with E-state index in [-0.39, 0.29) is 5.69 Å². The zero-order valence-corrected chi connectivity index (χ0v) is 11.7. The van der Waals surface area contributed by atoms with Crippen molar-refractivity contribution in [3.63, 3.8) is 0 Å². The second-order valence-electron chi connectivity index (χ2n) is 3.30. The van der Waals surface area contributed by atoms with E-state index in [0.717, 1.165) is 4.88 Å². The van der Waals surface area contributed by atoms with E-state index in [9.17, 15) is 4.39 Å². The molecule has 0 unspecified atom stereocenters. The summed E-state index contributed by atoms with van der Waals surface area (Å²) in [4.78, 5) is 0.977. The molecule has 2 N–H and O–H groups in total. The van der Waals surface area contributed by atoms with Gasteiger partial charge in [0.2, 0.25) is 0 Å². The quantitative estimate of drug-likeness (QED) is 0.840. The van der Waals surface area contributed by atoms with Crippen molar-refractivity contribution in [2.45, 2.75) is 6.61 Å². The van der Waals surface area contributed by atoms with E-state index in [1.54, 1.807) is 6.07 Å². The summed E-state index contributed by atoms with van der Waals surface area (Å²) in [5.74, 6) is 0.0387. The number of rotatable bonds is 3. The van der Waals surface area contributed by atoms with Gasteiger partial charge in [-0.2, -0.15) is 0 Å². The van der Waals surface area contributed by atoms with Gasteiger partial charge in [0.05, 0.1) is 14.5 Å². The van der Waals surface area contributed by atoms with E-state index < -0.39 is 5.82 Å². The Morgan fingerprint density at radius 3 is 2.76 bits per heavy atom. The number of ether oxygens (including phenoxy) is 1. The van der Waals surface area contributed by atoms with Gasteiger partial charge < -0.3 is 10.5 Å². The fourth-order valence-electron chi connectivity index (χ4n) is 1.31. The summed E-state index contributed by atoms with van der Waals surface area (Å²) in [5.41, 5.74) is 5.94. The maximum atomic E-state index is 13.0. The maximum absolute atomic E-state index is 13.0. The van der Waals surface area contributed by atoms with Crippen LogP contribution in [0.25, 0.3) is 0 Å². The van der Waals surface area contributed by atoms with Crippen LogP contribution in [0, 0.1) is 5.82 Å². The molecular weight excluding hydrogens is 329 g/mol. The molecule has 0 amide bonds. The number of nitrogen functional groups attached to an aromatic ring is 1. The highest BCUT2D eigenvalue weighted by atomic mass is 79.9. The van der Waals surface area contributed by atoms with Crippen LogP contribution >= 0.6 is 38.9 Å². The Labute approximate surface area is 115 Å². The van der Waals surface area contributed by atoms with E-state index in [4.69, 9.17) is 22.1 Å². The Bertz CT molecular complexity index is 523. The van der Waals surface area contributed by atoms with Crippen LogP contribution in [0.3, 0.4) is 0 Å². The highest BCUT2D eigenvalue weighted by molar-refractivity contribution is 9.10. The number of halogens is 3. The summed E-state index contributed by atoms with van der Waals surface area (Å²) in [7, 11) is 0. The van der Waals surface area contributed by atoms with Crippen LogP contribution in [0.2, 0.25) is 4.34 Å². The third-order valence-electron chi connectivity index (χ3n) is 2.02. The van der Waals surface area contributed by atoms with Gasteiger partial charge in [-0.25, -0.2) is 4.39 Å². The SMILES string of the molecule is Nc1cc(F)cc(Br)c1OCc1ccc(Cl)s1. The van der Waals surface area contributed by atoms with Gasteiger partial charge >= 0.3 is 0 Å². The van der Waals surface area contributed by atoms with E-state index in [1.807, 2.05) is 6.07 Å². The highest BCUT2D eigenvalue weighted by Gasteiger charge is 2.09. The zero-order chi connectivity index (χ0) is 12.4. The molecule has 0 radical (unpaired) electrons. The van der Waals surface area contributed by atoms with Crippen molar-refractivity contribution in [3.8, 4) is 5.75 Å². The van der Waals surface area contributed by atoms with Gasteiger partial charge in [0.1, 0.15) is 12.4 Å². The lowest BCUT2D eigenvalue weighted by atomic mass is 10.3. The van der Waals surface area contributed by atoms with Gasteiger partial charge in [0, 0.05) is 10.9 Å². The molecule has 0 bridgehead atoms. The van der Waals surface area contributed by atoms with E-state index in [0.29, 0.717) is 21.2 Å². The normalized spacial score (nSPS) is 10.5. The average molecular weight is 337 g/mol. The molecule has 0 aliphatic rings. The predicted octanol–water partition coefficient (Wildman–Crippen LogP) is 4.46. The van der Waals surface area contributed by atoms with Crippen molar-refractivity contribution in [3.05, 3.63) is 43.8 Å². The minimum atomic E-state index is -0.402. The monoisotopic (exact) mass is 335 g/mol. The summed E-state index contributed by atoms with van der Waals surface area (Å²) < 4.78 is 19.7. The van der Waals surface area contributed by atoms with Crippen molar-refractivity contribution >= 4 is 44.6 Å². The summed E-state index contributed by atoms with van der Waals surface area (Å²) in [5, 5.41) is 0. The van der Waals surface area contributed by atoms with Gasteiger partial charge in [-0.05, 0) is 34.1 Å². The van der Waals surface area contributed by atoms with Crippen molar-refractivity contribution in [1.82, 2.24) is 0 Å². The van der Waals surface area contributed by atoms with E-state index in [2.05, 4.69) is 15.9 Å². The second kappa shape index (κ2) is 5.25. The minimum absolute atomic E-state index is 0.263. The molecule has 0 atom stereocenters. The average Bonchev–Trinajstić information content (AvgIpc) is 2.62. The molecular formula is C11H8BrClFNOS. The zero-order valence-electron chi connectivity index (χ0n) is 8.54. The van der Waals surface area contributed by atoms with Crippen molar-refractivity contribution in [2.75, 3.05) is 5.73 Å². The van der Waals surface area contributed by atoms with Gasteiger partial charge in [-0.15, -0.1) is 11.3 Å². The van der Waals surface area contributed by atoms with Crippen LogP contribution in [-0.4, -0.2) is 0 Å². The predicted molar refractivity (Wildman–Crippen MR) is 72.2 cm³/mol. The van der Waals surface area contributed by atoms with Crippen LogP contribution in [0.4, 0.5) is 10.1 Å². The minimum Gasteiger partial charge on any atom is -0.485 e. The van der Waals surface area contributed by atoms with Gasteiger partial charge in [-0.3, -0.25) is 0 Å². The van der Waals surface area contributed by atoms with Gasteiger partial charge in [0.15, 0.2) is 5.75 Å². The third kappa shape index (κ3) is 3.12. The highest BCUT2D eigenvalue weighted by Crippen LogP contribution is 2.33. The largest absolute Gasteiger partial charge is 0.485 e. The number of nitrogens with two attached hydrogens (primary N) is 1. The molecule has 2 rings (SSSR count). The first-order valence-electron chi connectivity index (χ1n) is 4.68. The standard InChI is InChI=1S/C11H8BrClFNOS/c12-8-3-6(14)4-9(15)11(8)16-5-7-1-2-10(13)17-7/h1-4H,5,15H2. The Balaban J connectivity index is 2.14. The molecule has 17 heavy (non-hydrogen) atoms. The molecule has 0 saturated carbocycles. The molecule has 1 aromatic carbocycles. The number of thiophene rings is 1. The van der Waals surface area contributed by atoms with E-state index in [1.165, 1.54) is 23.5 Å². The van der Waals surface area contributed by atoms with Crippen LogP contribution in [0.1, 0.15) is 4.88 Å². The van der Waals surface area contributed by atoms with Gasteiger partial charge in [-0.1, -0.05) is 11.6 Å². The number of benzene rings is 1. The molecule has 0 fully saturated rings. The molecule has 6 heteroatoms. The lowest BCUT2D eigenvalue weighted by Gasteiger charge is -2.10. The van der Waals surface area contributed by atoms with E-state index >= 15 is 0 Å². The molecule has 1 aromatic heterocycles. The van der Waals surface area contributed by atoms with Crippen molar-refractivity contribution in [2.24, 2.45) is 0 Å². The molecule has 2 aromatic rings. The molecule has 1 heterocycles. The van der Waals surface area contributed by atoms with Crippen molar-refractivity contribution < 1.29 is 9.13 Å². The molecule has 0 aliphatic heterocycles. The fraction of sp³-hybridized carbons (Fsp3) is 0.0909. The van der Waals surface area contributed by atoms with Crippen molar-refractivity contribution in [1.29, 1.82) is 0 Å². The number of anilines is 1. The van der Waals surface area contributed by atoms with Crippen LogP contribution in [0.5, 0.6) is 5.75 Å². The summed E-state index contributed by atoms with van der Waals surface area (Å²) in [6.45, 7) is 0.353. The Morgan fingerprint density at radius 1 is 1.41 bits per heavy atom. The molecule has 2 nitrogen and oxygen atoms in total. The smallest absolute Gasteiger partial charge is 0.157 e. The first kappa shape index (κ1) is 12.7. The Kier molecular flexibility index (Phi) is 3.91. The third-order valence-corrected chi connectivity index (χ3v) is 3.82. The topological polar surface area (TPSA) is 35.2 Å². The molecule has 0 spiro atoms. The summed E-state index contributed by atoms with van der Waals surface area (Å²) in [6, 6.07) is 6.21. The van der Waals surface area contributed by atoms with Crippen LogP contribution < -0.4 is 10.5 Å².